The fraction of sp³-hybridized carbons (Fsp3) is 0.400. The predicted octanol–water partition coefficient (Wildman–Crippen LogP) is 3.08. The fourth-order valence-electron chi connectivity index (χ4n) is 2.00. The molecule has 2 aromatic rings. The monoisotopic (exact) mass is 245 g/mol. The third-order valence-corrected chi connectivity index (χ3v) is 2.94. The standard InChI is InChI=1S/C15H19NO2/c1-2-8-18-9-7-15(17)14-11-16-10-12-5-3-4-6-13(12)14/h3-6,10-11,15,17H,2,7-9H2,1H3. The van der Waals surface area contributed by atoms with E-state index in [9.17, 15) is 5.11 Å². The number of ether oxygens (including phenoxy) is 1. The molecule has 0 aliphatic carbocycles. The van der Waals surface area contributed by atoms with Crippen molar-refractivity contribution < 1.29 is 9.84 Å². The van der Waals surface area contributed by atoms with Crippen molar-refractivity contribution in [3.8, 4) is 0 Å². The summed E-state index contributed by atoms with van der Waals surface area (Å²) >= 11 is 0. The largest absolute Gasteiger partial charge is 0.388 e. The summed E-state index contributed by atoms with van der Waals surface area (Å²) in [7, 11) is 0. The normalized spacial score (nSPS) is 12.8. The molecule has 0 radical (unpaired) electrons. The minimum atomic E-state index is -0.513. The second-order valence-corrected chi connectivity index (χ2v) is 4.37. The first-order valence-corrected chi connectivity index (χ1v) is 6.41. The van der Waals surface area contributed by atoms with E-state index in [-0.39, 0.29) is 0 Å². The lowest BCUT2D eigenvalue weighted by Crippen LogP contribution is -2.05. The first-order valence-electron chi connectivity index (χ1n) is 6.41. The Morgan fingerprint density at radius 3 is 2.89 bits per heavy atom. The summed E-state index contributed by atoms with van der Waals surface area (Å²) in [5, 5.41) is 12.3. The molecule has 1 N–H and O–H groups in total. The van der Waals surface area contributed by atoms with Crippen molar-refractivity contribution in [2.75, 3.05) is 13.2 Å². The van der Waals surface area contributed by atoms with Gasteiger partial charge in [0, 0.05) is 43.0 Å². The Morgan fingerprint density at radius 1 is 1.22 bits per heavy atom. The maximum atomic E-state index is 10.2. The van der Waals surface area contributed by atoms with Crippen LogP contribution in [-0.2, 0) is 4.74 Å². The molecule has 3 heteroatoms. The Balaban J connectivity index is 2.10. The lowest BCUT2D eigenvalue weighted by molar-refractivity contribution is 0.0827. The van der Waals surface area contributed by atoms with Crippen LogP contribution in [0.1, 0.15) is 31.4 Å². The fourth-order valence-corrected chi connectivity index (χ4v) is 2.00. The number of pyridine rings is 1. The van der Waals surface area contributed by atoms with Gasteiger partial charge in [-0.1, -0.05) is 31.2 Å². The summed E-state index contributed by atoms with van der Waals surface area (Å²) < 4.78 is 5.41. The molecular weight excluding hydrogens is 226 g/mol. The molecule has 18 heavy (non-hydrogen) atoms. The molecule has 1 aromatic carbocycles. The maximum Gasteiger partial charge on any atom is 0.0832 e. The molecule has 1 heterocycles. The van der Waals surface area contributed by atoms with Gasteiger partial charge in [-0.2, -0.15) is 0 Å². The molecular formula is C15H19NO2. The minimum absolute atomic E-state index is 0.513. The lowest BCUT2D eigenvalue weighted by Gasteiger charge is -2.13. The lowest BCUT2D eigenvalue weighted by atomic mass is 10.0. The smallest absolute Gasteiger partial charge is 0.0832 e. The van der Waals surface area contributed by atoms with Crippen LogP contribution in [0, 0.1) is 0 Å². The average molecular weight is 245 g/mol. The first kappa shape index (κ1) is 13.0. The van der Waals surface area contributed by atoms with Crippen molar-refractivity contribution in [3.63, 3.8) is 0 Å². The van der Waals surface area contributed by atoms with Crippen molar-refractivity contribution in [3.05, 3.63) is 42.2 Å². The molecule has 1 unspecified atom stereocenters. The van der Waals surface area contributed by atoms with E-state index in [4.69, 9.17) is 4.74 Å². The average Bonchev–Trinajstić information content (AvgIpc) is 2.43. The predicted molar refractivity (Wildman–Crippen MR) is 72.4 cm³/mol. The van der Waals surface area contributed by atoms with E-state index >= 15 is 0 Å². The van der Waals surface area contributed by atoms with Crippen LogP contribution in [0.25, 0.3) is 10.8 Å². The maximum absolute atomic E-state index is 10.2. The number of hydrogen-bond donors (Lipinski definition) is 1. The highest BCUT2D eigenvalue weighted by molar-refractivity contribution is 5.84. The van der Waals surface area contributed by atoms with Gasteiger partial charge in [-0.25, -0.2) is 0 Å². The number of aromatic nitrogens is 1. The van der Waals surface area contributed by atoms with Gasteiger partial charge < -0.3 is 9.84 Å². The second-order valence-electron chi connectivity index (χ2n) is 4.37. The molecule has 2 rings (SSSR count). The van der Waals surface area contributed by atoms with Crippen LogP contribution < -0.4 is 0 Å². The molecule has 0 aliphatic heterocycles. The molecule has 1 aromatic heterocycles. The molecule has 0 saturated heterocycles. The van der Waals surface area contributed by atoms with E-state index in [0.717, 1.165) is 29.4 Å². The van der Waals surface area contributed by atoms with Gasteiger partial charge >= 0.3 is 0 Å². The van der Waals surface area contributed by atoms with Crippen LogP contribution in [0.3, 0.4) is 0 Å². The molecule has 3 nitrogen and oxygen atoms in total. The highest BCUT2D eigenvalue weighted by atomic mass is 16.5. The molecule has 96 valence electrons. The number of nitrogens with zero attached hydrogens (tertiary/aromatic N) is 1. The molecule has 1 atom stereocenters. The van der Waals surface area contributed by atoms with Crippen LogP contribution >= 0.6 is 0 Å². The number of fused-ring (bicyclic) bond motifs is 1. The van der Waals surface area contributed by atoms with Gasteiger partial charge in [0.15, 0.2) is 0 Å². The Morgan fingerprint density at radius 2 is 2.06 bits per heavy atom. The van der Waals surface area contributed by atoms with Crippen molar-refractivity contribution in [2.24, 2.45) is 0 Å². The molecule has 0 amide bonds. The van der Waals surface area contributed by atoms with E-state index in [0.29, 0.717) is 13.0 Å². The molecule has 0 fully saturated rings. The second kappa shape index (κ2) is 6.47. The van der Waals surface area contributed by atoms with Crippen LogP contribution in [0.2, 0.25) is 0 Å². The van der Waals surface area contributed by atoms with Gasteiger partial charge in [-0.05, 0) is 11.8 Å². The van der Waals surface area contributed by atoms with E-state index in [2.05, 4.69) is 11.9 Å². The van der Waals surface area contributed by atoms with Crippen LogP contribution in [-0.4, -0.2) is 23.3 Å². The van der Waals surface area contributed by atoms with E-state index in [1.54, 1.807) is 6.20 Å². The van der Waals surface area contributed by atoms with E-state index in [1.165, 1.54) is 0 Å². The van der Waals surface area contributed by atoms with Crippen LogP contribution in [0.4, 0.5) is 0 Å². The zero-order valence-corrected chi connectivity index (χ0v) is 10.7. The number of rotatable bonds is 6. The van der Waals surface area contributed by atoms with Gasteiger partial charge in [0.1, 0.15) is 0 Å². The summed E-state index contributed by atoms with van der Waals surface area (Å²) in [6, 6.07) is 7.98. The summed E-state index contributed by atoms with van der Waals surface area (Å²) in [5.74, 6) is 0. The molecule has 0 bridgehead atoms. The van der Waals surface area contributed by atoms with Crippen molar-refractivity contribution in [2.45, 2.75) is 25.9 Å². The molecule has 0 spiro atoms. The topological polar surface area (TPSA) is 42.4 Å². The number of benzene rings is 1. The highest BCUT2D eigenvalue weighted by Crippen LogP contribution is 2.24. The Labute approximate surface area is 107 Å². The summed E-state index contributed by atoms with van der Waals surface area (Å²) in [6.45, 7) is 3.41. The van der Waals surface area contributed by atoms with E-state index in [1.807, 2.05) is 30.5 Å². The highest BCUT2D eigenvalue weighted by Gasteiger charge is 2.11. The zero-order chi connectivity index (χ0) is 12.8. The van der Waals surface area contributed by atoms with Crippen molar-refractivity contribution in [1.29, 1.82) is 0 Å². The van der Waals surface area contributed by atoms with Gasteiger partial charge in [0.25, 0.3) is 0 Å². The zero-order valence-electron chi connectivity index (χ0n) is 10.7. The van der Waals surface area contributed by atoms with Crippen molar-refractivity contribution >= 4 is 10.8 Å². The third-order valence-electron chi connectivity index (χ3n) is 2.94. The summed E-state index contributed by atoms with van der Waals surface area (Å²) in [5.41, 5.74) is 0.883. The van der Waals surface area contributed by atoms with Gasteiger partial charge in [-0.15, -0.1) is 0 Å². The number of aliphatic hydroxyl groups is 1. The minimum Gasteiger partial charge on any atom is -0.388 e. The molecule has 0 saturated carbocycles. The number of hydrogen-bond acceptors (Lipinski definition) is 3. The van der Waals surface area contributed by atoms with Crippen molar-refractivity contribution in [1.82, 2.24) is 4.98 Å². The van der Waals surface area contributed by atoms with Gasteiger partial charge in [0.05, 0.1) is 6.10 Å². The third kappa shape index (κ3) is 3.06. The quantitative estimate of drug-likeness (QED) is 0.795. The summed E-state index contributed by atoms with van der Waals surface area (Å²) in [6.07, 6.45) is 4.66. The summed E-state index contributed by atoms with van der Waals surface area (Å²) in [4.78, 5) is 4.18. The van der Waals surface area contributed by atoms with Gasteiger partial charge in [-0.3, -0.25) is 4.98 Å². The first-order chi connectivity index (χ1) is 8.83. The Kier molecular flexibility index (Phi) is 4.67. The van der Waals surface area contributed by atoms with Crippen LogP contribution in [0.5, 0.6) is 0 Å². The molecule has 0 aliphatic rings. The Hall–Kier alpha value is -1.45. The van der Waals surface area contributed by atoms with Gasteiger partial charge in [0.2, 0.25) is 0 Å². The Bertz CT molecular complexity index is 493. The number of aliphatic hydroxyl groups excluding tert-OH is 1. The van der Waals surface area contributed by atoms with E-state index < -0.39 is 6.10 Å². The van der Waals surface area contributed by atoms with Crippen LogP contribution in [0.15, 0.2) is 36.7 Å². The SMILES string of the molecule is CCCOCCC(O)c1cncc2ccccc12.